The largest absolute Gasteiger partial charge is 0.339 e. The summed E-state index contributed by atoms with van der Waals surface area (Å²) in [6.45, 7) is 2.88. The molecule has 0 aromatic carbocycles. The minimum absolute atomic E-state index is 0.367. The summed E-state index contributed by atoms with van der Waals surface area (Å²) in [4.78, 5) is 8.45. The van der Waals surface area contributed by atoms with Gasteiger partial charge in [0.05, 0.1) is 18.2 Å². The van der Waals surface area contributed by atoms with Gasteiger partial charge in [0.1, 0.15) is 6.04 Å². The van der Waals surface area contributed by atoms with Crippen LogP contribution in [0.15, 0.2) is 17.0 Å². The molecule has 1 atom stereocenters. The molecule has 2 aromatic rings. The molecule has 1 fully saturated rings. The third kappa shape index (κ3) is 1.84. The Balaban J connectivity index is 1.86. The molecule has 6 heteroatoms. The summed E-state index contributed by atoms with van der Waals surface area (Å²) >= 11 is 0. The molecule has 0 saturated heterocycles. The highest BCUT2D eigenvalue weighted by Gasteiger charge is 2.31. The van der Waals surface area contributed by atoms with E-state index < -0.39 is 0 Å². The van der Waals surface area contributed by atoms with Gasteiger partial charge >= 0.3 is 0 Å². The first-order valence-corrected chi connectivity index (χ1v) is 5.88. The van der Waals surface area contributed by atoms with Gasteiger partial charge in [-0.2, -0.15) is 4.98 Å². The van der Waals surface area contributed by atoms with E-state index >= 15 is 0 Å². The van der Waals surface area contributed by atoms with Crippen molar-refractivity contribution in [3.05, 3.63) is 29.9 Å². The Morgan fingerprint density at radius 3 is 3.12 bits per heavy atom. The minimum atomic E-state index is -0.367. The van der Waals surface area contributed by atoms with E-state index in [4.69, 9.17) is 10.3 Å². The molecule has 1 aliphatic rings. The van der Waals surface area contributed by atoms with Gasteiger partial charge in [0.15, 0.2) is 5.82 Å². The molecule has 1 saturated carbocycles. The molecule has 1 aliphatic carbocycles. The van der Waals surface area contributed by atoms with Crippen molar-refractivity contribution < 1.29 is 4.52 Å². The van der Waals surface area contributed by atoms with Crippen LogP contribution in [0.1, 0.15) is 49.1 Å². The fourth-order valence-electron chi connectivity index (χ4n) is 1.86. The molecular weight excluding hydrogens is 218 g/mol. The van der Waals surface area contributed by atoms with E-state index in [9.17, 15) is 0 Å². The molecule has 17 heavy (non-hydrogen) atoms. The minimum Gasteiger partial charge on any atom is -0.339 e. The first-order valence-electron chi connectivity index (χ1n) is 5.88. The second-order valence-corrected chi connectivity index (χ2v) is 4.35. The van der Waals surface area contributed by atoms with Gasteiger partial charge < -0.3 is 14.8 Å². The van der Waals surface area contributed by atoms with Crippen LogP contribution in [0.3, 0.4) is 0 Å². The Morgan fingerprint density at radius 1 is 1.59 bits per heavy atom. The van der Waals surface area contributed by atoms with Crippen LogP contribution in [0.4, 0.5) is 0 Å². The van der Waals surface area contributed by atoms with E-state index in [0.29, 0.717) is 11.7 Å². The lowest BCUT2D eigenvalue weighted by Gasteiger charge is -2.09. The van der Waals surface area contributed by atoms with Gasteiger partial charge in [-0.15, -0.1) is 0 Å². The van der Waals surface area contributed by atoms with Crippen molar-refractivity contribution in [2.45, 2.75) is 38.3 Å². The van der Waals surface area contributed by atoms with Crippen molar-refractivity contribution in [3.63, 3.8) is 0 Å². The van der Waals surface area contributed by atoms with Crippen LogP contribution in [-0.4, -0.2) is 19.7 Å². The maximum Gasteiger partial charge on any atom is 0.229 e. The smallest absolute Gasteiger partial charge is 0.229 e. The number of hydrogen-bond donors (Lipinski definition) is 1. The van der Waals surface area contributed by atoms with Crippen LogP contribution < -0.4 is 5.73 Å². The molecule has 2 heterocycles. The molecule has 2 N–H and O–H groups in total. The van der Waals surface area contributed by atoms with Gasteiger partial charge in [-0.05, 0) is 19.8 Å². The Labute approximate surface area is 98.8 Å². The molecule has 90 valence electrons. The normalized spacial score (nSPS) is 17.3. The van der Waals surface area contributed by atoms with Gasteiger partial charge in [-0.3, -0.25) is 0 Å². The zero-order valence-electron chi connectivity index (χ0n) is 9.71. The maximum absolute atomic E-state index is 6.13. The summed E-state index contributed by atoms with van der Waals surface area (Å²) < 4.78 is 7.19. The van der Waals surface area contributed by atoms with E-state index in [0.717, 1.165) is 31.0 Å². The van der Waals surface area contributed by atoms with E-state index in [-0.39, 0.29) is 6.04 Å². The standard InChI is InChI=1S/C11H15N5O/c1-2-16-6-13-5-8(16)9(12)10-14-11(17-15-10)7-3-4-7/h5-7,9H,2-4,12H2,1H3. The van der Waals surface area contributed by atoms with Crippen LogP contribution in [0.2, 0.25) is 0 Å². The lowest BCUT2D eigenvalue weighted by Crippen LogP contribution is -2.17. The summed E-state index contributed by atoms with van der Waals surface area (Å²) in [6, 6.07) is -0.367. The summed E-state index contributed by atoms with van der Waals surface area (Å²) in [6.07, 6.45) is 5.80. The highest BCUT2D eigenvalue weighted by molar-refractivity contribution is 5.15. The number of nitrogens with zero attached hydrogens (tertiary/aromatic N) is 4. The third-order valence-corrected chi connectivity index (χ3v) is 3.07. The van der Waals surface area contributed by atoms with E-state index in [1.807, 2.05) is 11.5 Å². The maximum atomic E-state index is 6.13. The molecule has 0 aliphatic heterocycles. The van der Waals surface area contributed by atoms with Crippen molar-refractivity contribution in [1.29, 1.82) is 0 Å². The van der Waals surface area contributed by atoms with Crippen molar-refractivity contribution in [2.75, 3.05) is 0 Å². The van der Waals surface area contributed by atoms with Gasteiger partial charge in [0.2, 0.25) is 5.89 Å². The number of aromatic nitrogens is 4. The molecule has 0 radical (unpaired) electrons. The Hall–Kier alpha value is -1.69. The molecule has 0 bridgehead atoms. The van der Waals surface area contributed by atoms with Crippen molar-refractivity contribution in [3.8, 4) is 0 Å². The second kappa shape index (κ2) is 3.96. The fourth-order valence-corrected chi connectivity index (χ4v) is 1.86. The predicted molar refractivity (Wildman–Crippen MR) is 60.2 cm³/mol. The van der Waals surface area contributed by atoms with Gasteiger partial charge in [0.25, 0.3) is 0 Å². The molecule has 3 rings (SSSR count). The summed E-state index contributed by atoms with van der Waals surface area (Å²) in [5.74, 6) is 1.72. The van der Waals surface area contributed by atoms with Crippen LogP contribution in [0.5, 0.6) is 0 Å². The van der Waals surface area contributed by atoms with Gasteiger partial charge in [-0.1, -0.05) is 5.16 Å². The third-order valence-electron chi connectivity index (χ3n) is 3.07. The molecular formula is C11H15N5O. The van der Waals surface area contributed by atoms with Crippen molar-refractivity contribution in [2.24, 2.45) is 5.73 Å². The van der Waals surface area contributed by atoms with Crippen LogP contribution in [-0.2, 0) is 6.54 Å². The zero-order chi connectivity index (χ0) is 11.8. The van der Waals surface area contributed by atoms with E-state index in [1.54, 1.807) is 12.5 Å². The lowest BCUT2D eigenvalue weighted by molar-refractivity contribution is 0.372. The van der Waals surface area contributed by atoms with Gasteiger partial charge in [0, 0.05) is 12.5 Å². The first kappa shape index (κ1) is 10.5. The molecule has 2 aromatic heterocycles. The molecule has 1 unspecified atom stereocenters. The lowest BCUT2D eigenvalue weighted by atomic mass is 10.2. The fraction of sp³-hybridized carbons (Fsp3) is 0.545. The Morgan fingerprint density at radius 2 is 2.41 bits per heavy atom. The molecule has 0 spiro atoms. The number of rotatable bonds is 4. The Kier molecular flexibility index (Phi) is 2.44. The van der Waals surface area contributed by atoms with Gasteiger partial charge in [-0.25, -0.2) is 4.98 Å². The Bertz CT molecular complexity index is 513. The van der Waals surface area contributed by atoms with Crippen LogP contribution >= 0.6 is 0 Å². The molecule has 6 nitrogen and oxygen atoms in total. The zero-order valence-corrected chi connectivity index (χ0v) is 9.71. The second-order valence-electron chi connectivity index (χ2n) is 4.35. The average molecular weight is 233 g/mol. The van der Waals surface area contributed by atoms with Crippen LogP contribution in [0.25, 0.3) is 0 Å². The average Bonchev–Trinajstić information content (AvgIpc) is 2.93. The van der Waals surface area contributed by atoms with Crippen molar-refractivity contribution >= 4 is 0 Å². The van der Waals surface area contributed by atoms with E-state index in [2.05, 4.69) is 15.1 Å². The summed E-state index contributed by atoms with van der Waals surface area (Å²) in [5.41, 5.74) is 7.04. The monoisotopic (exact) mass is 233 g/mol. The summed E-state index contributed by atoms with van der Waals surface area (Å²) in [5, 5.41) is 3.96. The van der Waals surface area contributed by atoms with E-state index in [1.165, 1.54) is 0 Å². The number of hydrogen-bond acceptors (Lipinski definition) is 5. The number of aryl methyl sites for hydroxylation is 1. The topological polar surface area (TPSA) is 82.8 Å². The first-order chi connectivity index (χ1) is 8.29. The quantitative estimate of drug-likeness (QED) is 0.858. The van der Waals surface area contributed by atoms with Crippen LogP contribution in [0, 0.1) is 0 Å². The SMILES string of the molecule is CCn1cncc1C(N)c1noc(C2CC2)n1. The summed E-state index contributed by atoms with van der Waals surface area (Å²) in [7, 11) is 0. The highest BCUT2D eigenvalue weighted by Crippen LogP contribution is 2.39. The van der Waals surface area contributed by atoms with Crippen molar-refractivity contribution in [1.82, 2.24) is 19.7 Å². The number of imidazole rings is 1. The predicted octanol–water partition coefficient (Wildman–Crippen LogP) is 1.21. The highest BCUT2D eigenvalue weighted by atomic mass is 16.5. The number of nitrogens with two attached hydrogens (primary N) is 1. The molecule has 0 amide bonds.